The molecule has 2 N–H and O–H groups in total. The largest absolute Gasteiger partial charge is 0.472 e. The fourth-order valence-corrected chi connectivity index (χ4v) is 2.61. The van der Waals surface area contributed by atoms with Crippen molar-refractivity contribution in [3.8, 4) is 0 Å². The summed E-state index contributed by atoms with van der Waals surface area (Å²) in [5.74, 6) is 0. The number of aryl methyl sites for hydroxylation is 1. The minimum absolute atomic E-state index is 0.330. The van der Waals surface area contributed by atoms with Gasteiger partial charge in [-0.2, -0.15) is 5.10 Å². The van der Waals surface area contributed by atoms with Gasteiger partial charge < -0.3 is 15.1 Å². The third kappa shape index (κ3) is 4.44. The molecule has 5 heteroatoms. The van der Waals surface area contributed by atoms with Gasteiger partial charge in [0.25, 0.3) is 0 Å². The molecule has 0 aliphatic rings. The number of hydrogen-bond acceptors (Lipinski definition) is 4. The normalized spacial score (nSPS) is 14.2. The molecule has 116 valence electrons. The molecule has 0 aliphatic carbocycles. The minimum atomic E-state index is 0.330. The summed E-state index contributed by atoms with van der Waals surface area (Å²) in [7, 11) is 3.96. The van der Waals surface area contributed by atoms with Crippen molar-refractivity contribution in [2.45, 2.75) is 38.3 Å². The van der Waals surface area contributed by atoms with Crippen LogP contribution in [0, 0.1) is 0 Å². The van der Waals surface area contributed by atoms with Gasteiger partial charge in [0.2, 0.25) is 0 Å². The number of rotatable bonds is 9. The van der Waals surface area contributed by atoms with Crippen LogP contribution in [0.5, 0.6) is 0 Å². The van der Waals surface area contributed by atoms with Gasteiger partial charge in [-0.3, -0.25) is 4.68 Å². The van der Waals surface area contributed by atoms with Crippen LogP contribution in [0.1, 0.15) is 49.4 Å². The van der Waals surface area contributed by atoms with Crippen molar-refractivity contribution in [1.29, 1.82) is 0 Å². The van der Waals surface area contributed by atoms with Crippen LogP contribution in [-0.2, 0) is 7.05 Å². The van der Waals surface area contributed by atoms with Gasteiger partial charge in [-0.25, -0.2) is 0 Å². The topological polar surface area (TPSA) is 55.0 Å². The average Bonchev–Trinajstić information content (AvgIpc) is 3.14. The molecule has 2 unspecified atom stereocenters. The lowest BCUT2D eigenvalue weighted by molar-refractivity contribution is 0.431. The molecule has 0 amide bonds. The van der Waals surface area contributed by atoms with E-state index in [4.69, 9.17) is 4.42 Å². The Kier molecular flexibility index (Phi) is 6.02. The van der Waals surface area contributed by atoms with E-state index in [1.807, 2.05) is 37.3 Å². The molecular weight excluding hydrogens is 264 g/mol. The van der Waals surface area contributed by atoms with Crippen molar-refractivity contribution < 1.29 is 4.42 Å². The van der Waals surface area contributed by atoms with Gasteiger partial charge in [0, 0.05) is 36.5 Å². The van der Waals surface area contributed by atoms with E-state index >= 15 is 0 Å². The highest BCUT2D eigenvalue weighted by Crippen LogP contribution is 2.25. The summed E-state index contributed by atoms with van der Waals surface area (Å²) in [6, 6.07) is 2.72. The summed E-state index contributed by atoms with van der Waals surface area (Å²) in [5.41, 5.74) is 2.46. The van der Waals surface area contributed by atoms with Crippen LogP contribution in [0.3, 0.4) is 0 Å². The number of nitrogens with one attached hydrogen (secondary N) is 2. The van der Waals surface area contributed by atoms with E-state index in [0.717, 1.165) is 25.8 Å². The lowest BCUT2D eigenvalue weighted by Gasteiger charge is -2.21. The highest BCUT2D eigenvalue weighted by Gasteiger charge is 2.16. The Morgan fingerprint density at radius 1 is 1.29 bits per heavy atom. The fraction of sp³-hybridized carbons (Fsp3) is 0.562. The Hall–Kier alpha value is -1.59. The second kappa shape index (κ2) is 8.00. The SMILES string of the molecule is CCCNC(CCC(NC)c1cnn(C)c1)c1ccoc1. The van der Waals surface area contributed by atoms with Gasteiger partial charge in [0.1, 0.15) is 0 Å². The minimum Gasteiger partial charge on any atom is -0.472 e. The summed E-state index contributed by atoms with van der Waals surface area (Å²) < 4.78 is 7.08. The average molecular weight is 290 g/mol. The first-order valence-corrected chi connectivity index (χ1v) is 7.65. The molecule has 21 heavy (non-hydrogen) atoms. The van der Waals surface area contributed by atoms with Gasteiger partial charge in [0.05, 0.1) is 18.7 Å². The zero-order valence-electron chi connectivity index (χ0n) is 13.2. The van der Waals surface area contributed by atoms with Crippen LogP contribution in [0.4, 0.5) is 0 Å². The van der Waals surface area contributed by atoms with Crippen LogP contribution in [0.15, 0.2) is 35.4 Å². The van der Waals surface area contributed by atoms with Crippen molar-refractivity contribution in [3.63, 3.8) is 0 Å². The van der Waals surface area contributed by atoms with E-state index in [1.165, 1.54) is 11.1 Å². The highest BCUT2D eigenvalue weighted by molar-refractivity contribution is 5.13. The Bertz CT molecular complexity index is 506. The smallest absolute Gasteiger partial charge is 0.0950 e. The Labute approximate surface area is 126 Å². The van der Waals surface area contributed by atoms with Crippen LogP contribution in [0.25, 0.3) is 0 Å². The van der Waals surface area contributed by atoms with Crippen molar-refractivity contribution in [1.82, 2.24) is 20.4 Å². The zero-order chi connectivity index (χ0) is 15.1. The van der Waals surface area contributed by atoms with Gasteiger partial charge >= 0.3 is 0 Å². The summed E-state index contributed by atoms with van der Waals surface area (Å²) in [6.07, 6.45) is 10.8. The Morgan fingerprint density at radius 2 is 2.10 bits per heavy atom. The number of hydrogen-bond donors (Lipinski definition) is 2. The first-order chi connectivity index (χ1) is 10.2. The molecule has 0 aliphatic heterocycles. The third-order valence-corrected chi connectivity index (χ3v) is 3.81. The first-order valence-electron chi connectivity index (χ1n) is 7.65. The predicted molar refractivity (Wildman–Crippen MR) is 84.0 cm³/mol. The van der Waals surface area contributed by atoms with Gasteiger partial charge in [-0.1, -0.05) is 6.92 Å². The summed E-state index contributed by atoms with van der Waals surface area (Å²) in [4.78, 5) is 0. The van der Waals surface area contributed by atoms with E-state index in [2.05, 4.69) is 28.9 Å². The van der Waals surface area contributed by atoms with Crippen molar-refractivity contribution in [2.75, 3.05) is 13.6 Å². The molecule has 0 radical (unpaired) electrons. The molecule has 2 rings (SSSR count). The molecule has 0 saturated heterocycles. The third-order valence-electron chi connectivity index (χ3n) is 3.81. The van der Waals surface area contributed by atoms with Crippen molar-refractivity contribution in [2.24, 2.45) is 7.05 Å². The number of nitrogens with zero attached hydrogens (tertiary/aromatic N) is 2. The van der Waals surface area contributed by atoms with Crippen LogP contribution in [-0.4, -0.2) is 23.4 Å². The van der Waals surface area contributed by atoms with Crippen molar-refractivity contribution in [3.05, 3.63) is 42.1 Å². The van der Waals surface area contributed by atoms with Gasteiger partial charge in [-0.15, -0.1) is 0 Å². The second-order valence-electron chi connectivity index (χ2n) is 5.43. The quantitative estimate of drug-likeness (QED) is 0.745. The monoisotopic (exact) mass is 290 g/mol. The predicted octanol–water partition coefficient (Wildman–Crippen LogP) is 2.79. The molecule has 0 saturated carbocycles. The Morgan fingerprint density at radius 3 is 2.67 bits per heavy atom. The maximum atomic E-state index is 5.23. The zero-order valence-corrected chi connectivity index (χ0v) is 13.2. The molecule has 2 aromatic rings. The number of aromatic nitrogens is 2. The molecule has 2 atom stereocenters. The lowest BCUT2D eigenvalue weighted by atomic mass is 9.98. The number of furan rings is 1. The van der Waals surface area contributed by atoms with Crippen LogP contribution >= 0.6 is 0 Å². The van der Waals surface area contributed by atoms with Gasteiger partial charge in [-0.05, 0) is 38.9 Å². The van der Waals surface area contributed by atoms with E-state index in [-0.39, 0.29) is 0 Å². The maximum Gasteiger partial charge on any atom is 0.0950 e. The van der Waals surface area contributed by atoms with Crippen molar-refractivity contribution >= 4 is 0 Å². The molecule has 0 aromatic carbocycles. The standard InChI is InChI=1S/C16H26N4O/c1-4-8-18-16(13-7-9-21-12-13)6-5-15(17-2)14-10-19-20(3)11-14/h7,9-12,15-18H,4-6,8H2,1-3H3. The highest BCUT2D eigenvalue weighted by atomic mass is 16.3. The molecule has 2 aromatic heterocycles. The summed E-state index contributed by atoms with van der Waals surface area (Å²) in [6.45, 7) is 3.21. The van der Waals surface area contributed by atoms with E-state index in [0.29, 0.717) is 12.1 Å². The van der Waals surface area contributed by atoms with Gasteiger partial charge in [0.15, 0.2) is 0 Å². The van der Waals surface area contributed by atoms with E-state index in [1.54, 1.807) is 6.26 Å². The Balaban J connectivity index is 1.96. The van der Waals surface area contributed by atoms with Crippen LogP contribution in [0.2, 0.25) is 0 Å². The molecule has 0 fully saturated rings. The summed E-state index contributed by atoms with van der Waals surface area (Å²) in [5, 5.41) is 11.2. The fourth-order valence-electron chi connectivity index (χ4n) is 2.61. The maximum absolute atomic E-state index is 5.23. The second-order valence-corrected chi connectivity index (χ2v) is 5.43. The van der Waals surface area contributed by atoms with E-state index < -0.39 is 0 Å². The lowest BCUT2D eigenvalue weighted by Crippen LogP contribution is -2.24. The summed E-state index contributed by atoms with van der Waals surface area (Å²) >= 11 is 0. The van der Waals surface area contributed by atoms with E-state index in [9.17, 15) is 0 Å². The molecule has 0 spiro atoms. The molecular formula is C16H26N4O. The first kappa shape index (κ1) is 15.8. The molecule has 5 nitrogen and oxygen atoms in total. The molecule has 0 bridgehead atoms. The van der Waals surface area contributed by atoms with Crippen LogP contribution < -0.4 is 10.6 Å². The molecule has 2 heterocycles.